The van der Waals surface area contributed by atoms with Crippen molar-refractivity contribution in [3.05, 3.63) is 0 Å². The van der Waals surface area contributed by atoms with E-state index in [-0.39, 0.29) is 5.91 Å². The van der Waals surface area contributed by atoms with E-state index in [0.717, 1.165) is 23.7 Å². The molecule has 2 N–H and O–H groups in total. The van der Waals surface area contributed by atoms with Crippen molar-refractivity contribution in [1.29, 1.82) is 0 Å². The molecular formula is C11H19NO3S2. The number of carboxylic acids is 1. The lowest BCUT2D eigenvalue weighted by molar-refractivity contribution is -0.148. The number of carboxylic acid groups (broad SMARTS) is 1. The second kappa shape index (κ2) is 7.16. The zero-order valence-electron chi connectivity index (χ0n) is 10.0. The number of carbonyl (C=O) groups excluding carboxylic acids is 1. The molecule has 1 heterocycles. The predicted molar refractivity (Wildman–Crippen MR) is 72.7 cm³/mol. The highest BCUT2D eigenvalue weighted by molar-refractivity contribution is 7.99. The van der Waals surface area contributed by atoms with Crippen LogP contribution in [0.1, 0.15) is 25.7 Å². The van der Waals surface area contributed by atoms with Crippen molar-refractivity contribution in [2.24, 2.45) is 0 Å². The topological polar surface area (TPSA) is 66.4 Å². The Balaban J connectivity index is 2.48. The van der Waals surface area contributed by atoms with E-state index < -0.39 is 11.5 Å². The molecule has 1 aliphatic rings. The third kappa shape index (κ3) is 4.43. The fourth-order valence-electron chi connectivity index (χ4n) is 1.82. The van der Waals surface area contributed by atoms with Gasteiger partial charge in [-0.1, -0.05) is 0 Å². The zero-order chi connectivity index (χ0) is 12.7. The summed E-state index contributed by atoms with van der Waals surface area (Å²) in [5, 5.41) is 12.0. The lowest BCUT2D eigenvalue weighted by atomic mass is 9.92. The Morgan fingerprint density at radius 2 is 2.06 bits per heavy atom. The summed E-state index contributed by atoms with van der Waals surface area (Å²) in [6.07, 6.45) is 4.28. The van der Waals surface area contributed by atoms with Crippen LogP contribution in [0.15, 0.2) is 0 Å². The monoisotopic (exact) mass is 277 g/mol. The van der Waals surface area contributed by atoms with Crippen LogP contribution in [0.25, 0.3) is 0 Å². The van der Waals surface area contributed by atoms with Crippen molar-refractivity contribution in [2.75, 3.05) is 23.5 Å². The van der Waals surface area contributed by atoms with Gasteiger partial charge >= 0.3 is 5.97 Å². The predicted octanol–water partition coefficient (Wildman–Crippen LogP) is 1.60. The molecule has 0 atom stereocenters. The van der Waals surface area contributed by atoms with Crippen molar-refractivity contribution in [2.45, 2.75) is 31.2 Å². The molecule has 4 nitrogen and oxygen atoms in total. The van der Waals surface area contributed by atoms with Gasteiger partial charge in [0.1, 0.15) is 5.54 Å². The van der Waals surface area contributed by atoms with Crippen molar-refractivity contribution in [1.82, 2.24) is 5.32 Å². The van der Waals surface area contributed by atoms with Gasteiger partial charge in [-0.15, -0.1) is 0 Å². The summed E-state index contributed by atoms with van der Waals surface area (Å²) < 4.78 is 0. The molecule has 0 aliphatic carbocycles. The highest BCUT2D eigenvalue weighted by Gasteiger charge is 2.40. The standard InChI is InChI=1S/C11H19NO3S2/c1-16-6-2-3-9(13)12-11(10(14)15)4-7-17-8-5-11/h2-8H2,1H3,(H,12,13)(H,14,15). The van der Waals surface area contributed by atoms with Crippen LogP contribution in [0.2, 0.25) is 0 Å². The first-order chi connectivity index (χ1) is 8.10. The van der Waals surface area contributed by atoms with Gasteiger partial charge in [0, 0.05) is 6.42 Å². The molecule has 0 aromatic heterocycles. The normalized spacial score (nSPS) is 18.6. The van der Waals surface area contributed by atoms with Gasteiger partial charge < -0.3 is 10.4 Å². The first-order valence-corrected chi connectivity index (χ1v) is 8.27. The van der Waals surface area contributed by atoms with Crippen LogP contribution in [0, 0.1) is 0 Å². The van der Waals surface area contributed by atoms with Gasteiger partial charge in [0.15, 0.2) is 0 Å². The third-order valence-electron chi connectivity index (χ3n) is 2.89. The molecule has 1 fully saturated rings. The highest BCUT2D eigenvalue weighted by atomic mass is 32.2. The smallest absolute Gasteiger partial charge is 0.329 e. The highest BCUT2D eigenvalue weighted by Crippen LogP contribution is 2.27. The maximum absolute atomic E-state index is 11.7. The number of aliphatic carboxylic acids is 1. The van der Waals surface area contributed by atoms with E-state index in [2.05, 4.69) is 5.32 Å². The van der Waals surface area contributed by atoms with Gasteiger partial charge in [0.2, 0.25) is 5.91 Å². The molecule has 6 heteroatoms. The lowest BCUT2D eigenvalue weighted by Gasteiger charge is -2.33. The first-order valence-electron chi connectivity index (χ1n) is 5.72. The Hall–Kier alpha value is -0.360. The molecule has 17 heavy (non-hydrogen) atoms. The molecule has 0 radical (unpaired) electrons. The zero-order valence-corrected chi connectivity index (χ0v) is 11.7. The van der Waals surface area contributed by atoms with Crippen LogP contribution in [0.5, 0.6) is 0 Å². The van der Waals surface area contributed by atoms with Crippen molar-refractivity contribution >= 4 is 35.4 Å². The van der Waals surface area contributed by atoms with Gasteiger partial charge in [-0.3, -0.25) is 4.79 Å². The van der Waals surface area contributed by atoms with E-state index in [1.54, 1.807) is 23.5 Å². The Bertz CT molecular complexity index is 278. The van der Waals surface area contributed by atoms with Crippen LogP contribution in [0.3, 0.4) is 0 Å². The van der Waals surface area contributed by atoms with Crippen LogP contribution in [-0.4, -0.2) is 46.0 Å². The van der Waals surface area contributed by atoms with Crippen LogP contribution < -0.4 is 5.32 Å². The van der Waals surface area contributed by atoms with E-state index >= 15 is 0 Å². The van der Waals surface area contributed by atoms with E-state index in [4.69, 9.17) is 0 Å². The molecule has 1 rings (SSSR count). The summed E-state index contributed by atoms with van der Waals surface area (Å²) in [5.74, 6) is 1.52. The fraction of sp³-hybridized carbons (Fsp3) is 0.818. The number of carbonyl (C=O) groups is 2. The maximum Gasteiger partial charge on any atom is 0.329 e. The second-order valence-electron chi connectivity index (χ2n) is 4.14. The summed E-state index contributed by atoms with van der Waals surface area (Å²) in [7, 11) is 0. The van der Waals surface area contributed by atoms with E-state index in [0.29, 0.717) is 19.3 Å². The Morgan fingerprint density at radius 3 is 2.59 bits per heavy atom. The largest absolute Gasteiger partial charge is 0.480 e. The average Bonchev–Trinajstić information content (AvgIpc) is 2.30. The molecule has 0 bridgehead atoms. The molecule has 0 spiro atoms. The average molecular weight is 277 g/mol. The Morgan fingerprint density at radius 1 is 1.41 bits per heavy atom. The van der Waals surface area contributed by atoms with E-state index in [9.17, 15) is 14.7 Å². The minimum atomic E-state index is -1.01. The maximum atomic E-state index is 11.7. The summed E-state index contributed by atoms with van der Waals surface area (Å²) >= 11 is 3.44. The van der Waals surface area contributed by atoms with E-state index in [1.165, 1.54) is 0 Å². The Kier molecular flexibility index (Phi) is 6.19. The van der Waals surface area contributed by atoms with Gasteiger partial charge in [-0.2, -0.15) is 23.5 Å². The van der Waals surface area contributed by atoms with Gasteiger partial charge in [0.25, 0.3) is 0 Å². The van der Waals surface area contributed by atoms with Crippen LogP contribution in [-0.2, 0) is 9.59 Å². The number of rotatable bonds is 6. The fourth-order valence-corrected chi connectivity index (χ4v) is 3.44. The summed E-state index contributed by atoms with van der Waals surface area (Å²) in [5.41, 5.74) is -1.01. The number of hydrogen-bond acceptors (Lipinski definition) is 4. The number of amides is 1. The first kappa shape index (κ1) is 14.7. The van der Waals surface area contributed by atoms with Crippen LogP contribution >= 0.6 is 23.5 Å². The Labute approximate surface area is 110 Å². The third-order valence-corrected chi connectivity index (χ3v) is 4.57. The van der Waals surface area contributed by atoms with Crippen molar-refractivity contribution < 1.29 is 14.7 Å². The molecule has 98 valence electrons. The summed E-state index contributed by atoms with van der Waals surface area (Å²) in [6, 6.07) is 0. The van der Waals surface area contributed by atoms with E-state index in [1.807, 2.05) is 6.26 Å². The molecule has 0 aromatic carbocycles. The van der Waals surface area contributed by atoms with Crippen LogP contribution in [0.4, 0.5) is 0 Å². The molecule has 0 aromatic rings. The molecule has 0 saturated carbocycles. The summed E-state index contributed by atoms with van der Waals surface area (Å²) in [6.45, 7) is 0. The van der Waals surface area contributed by atoms with Gasteiger partial charge in [-0.25, -0.2) is 4.79 Å². The lowest BCUT2D eigenvalue weighted by Crippen LogP contribution is -2.56. The van der Waals surface area contributed by atoms with Gasteiger partial charge in [-0.05, 0) is 42.8 Å². The number of thioether (sulfide) groups is 2. The minimum absolute atomic E-state index is 0.131. The molecule has 1 amide bonds. The summed E-state index contributed by atoms with van der Waals surface area (Å²) in [4.78, 5) is 23.0. The molecule has 0 unspecified atom stereocenters. The van der Waals surface area contributed by atoms with Crippen molar-refractivity contribution in [3.63, 3.8) is 0 Å². The minimum Gasteiger partial charge on any atom is -0.480 e. The second-order valence-corrected chi connectivity index (χ2v) is 6.35. The number of hydrogen-bond donors (Lipinski definition) is 2. The van der Waals surface area contributed by atoms with Gasteiger partial charge in [0.05, 0.1) is 0 Å². The quantitative estimate of drug-likeness (QED) is 0.722. The molecular weight excluding hydrogens is 258 g/mol. The SMILES string of the molecule is CSCCCC(=O)NC1(C(=O)O)CCSCC1. The molecule has 1 aliphatic heterocycles. The van der Waals surface area contributed by atoms with Crippen molar-refractivity contribution in [3.8, 4) is 0 Å². The number of nitrogens with one attached hydrogen (secondary N) is 1. The molecule has 1 saturated heterocycles.